The van der Waals surface area contributed by atoms with E-state index in [0.717, 1.165) is 11.8 Å². The zero-order chi connectivity index (χ0) is 20.4. The van der Waals surface area contributed by atoms with Crippen LogP contribution in [0.15, 0.2) is 38.4 Å². The van der Waals surface area contributed by atoms with Crippen molar-refractivity contribution in [1.29, 1.82) is 0 Å². The fourth-order valence-corrected chi connectivity index (χ4v) is 3.64. The molecule has 1 aromatic carbocycles. The van der Waals surface area contributed by atoms with Gasteiger partial charge in [-0.25, -0.2) is 4.98 Å². The van der Waals surface area contributed by atoms with Gasteiger partial charge in [-0.3, -0.25) is 14.4 Å². The zero-order valence-corrected chi connectivity index (χ0v) is 15.4. The van der Waals surface area contributed by atoms with E-state index in [-0.39, 0.29) is 27.8 Å². The summed E-state index contributed by atoms with van der Waals surface area (Å²) >= 11 is 0.935. The fraction of sp³-hybridized carbons (Fsp3) is 0.167. The Morgan fingerprint density at radius 1 is 1.39 bits per heavy atom. The molecule has 0 fully saturated rings. The van der Waals surface area contributed by atoms with Gasteiger partial charge in [0, 0.05) is 24.3 Å². The molecule has 1 aliphatic heterocycles. The molecule has 1 aliphatic carbocycles. The van der Waals surface area contributed by atoms with E-state index in [0.29, 0.717) is 22.9 Å². The Hall–Kier alpha value is -3.40. The third-order valence-corrected chi connectivity index (χ3v) is 5.05. The highest BCUT2D eigenvalue weighted by molar-refractivity contribution is 7.99. The Morgan fingerprint density at radius 3 is 2.79 bits per heavy atom. The Bertz CT molecular complexity index is 1130. The maximum atomic E-state index is 12.2. The number of nitrogens with two attached hydrogens (primary N) is 1. The summed E-state index contributed by atoms with van der Waals surface area (Å²) in [6, 6.07) is 4.53. The Kier molecular flexibility index (Phi) is 5.32. The van der Waals surface area contributed by atoms with E-state index in [4.69, 9.17) is 10.2 Å². The molecule has 0 unspecified atom stereocenters. The molecule has 0 spiro atoms. The molecule has 9 nitrogen and oxygen atoms in total. The smallest absolute Gasteiger partial charge is 0.217 e. The first-order valence-electron chi connectivity index (χ1n) is 8.03. The second-order valence-corrected chi connectivity index (χ2v) is 6.94. The van der Waals surface area contributed by atoms with Gasteiger partial charge >= 0.3 is 0 Å². The molecule has 0 saturated heterocycles. The molecule has 1 atom stereocenters. The number of rotatable bonds is 6. The summed E-state index contributed by atoms with van der Waals surface area (Å²) in [5.74, 6) is -1.98. The number of anilines is 1. The second kappa shape index (κ2) is 7.69. The molecule has 0 saturated carbocycles. The van der Waals surface area contributed by atoms with Crippen molar-refractivity contribution in [1.82, 2.24) is 10.3 Å². The lowest BCUT2D eigenvalue weighted by Crippen LogP contribution is -2.48. The molecule has 144 valence electrons. The largest absolute Gasteiger partial charge is 0.548 e. The van der Waals surface area contributed by atoms with E-state index in [1.807, 2.05) is 0 Å². The van der Waals surface area contributed by atoms with Gasteiger partial charge in [0.25, 0.3) is 0 Å². The minimum atomic E-state index is -1.47. The number of nitrogens with zero attached hydrogens (tertiary/aromatic N) is 1. The summed E-state index contributed by atoms with van der Waals surface area (Å²) in [6.45, 7) is 1.18. The summed E-state index contributed by atoms with van der Waals surface area (Å²) in [5, 5.41) is 13.5. The first-order chi connectivity index (χ1) is 13.3. The van der Waals surface area contributed by atoms with Crippen LogP contribution in [0.5, 0.6) is 0 Å². The summed E-state index contributed by atoms with van der Waals surface area (Å²) < 4.78 is 5.70. The Balaban J connectivity index is 2.09. The van der Waals surface area contributed by atoms with Crippen LogP contribution in [-0.4, -0.2) is 34.9 Å². The summed E-state index contributed by atoms with van der Waals surface area (Å²) in [6.07, 6.45) is 0.661. The number of aliphatic carboxylic acids is 1. The van der Waals surface area contributed by atoms with Crippen LogP contribution in [0.3, 0.4) is 0 Å². The van der Waals surface area contributed by atoms with Gasteiger partial charge in [0.2, 0.25) is 11.3 Å². The number of nitrogen functional groups attached to an aromatic ring is 1. The molecule has 1 aromatic rings. The molecule has 3 rings (SSSR count). The van der Waals surface area contributed by atoms with Gasteiger partial charge in [-0.2, -0.15) is 0 Å². The van der Waals surface area contributed by atoms with Crippen molar-refractivity contribution in [2.24, 2.45) is 0 Å². The monoisotopic (exact) mass is 400 g/mol. The van der Waals surface area contributed by atoms with Gasteiger partial charge in [-0.1, -0.05) is 0 Å². The van der Waals surface area contributed by atoms with E-state index in [1.54, 1.807) is 12.1 Å². The summed E-state index contributed by atoms with van der Waals surface area (Å²) in [5.41, 5.74) is 6.64. The van der Waals surface area contributed by atoms with Crippen molar-refractivity contribution < 1.29 is 23.9 Å². The van der Waals surface area contributed by atoms with E-state index < -0.39 is 23.3 Å². The number of carboxylic acid groups (broad SMARTS) is 1. The second-order valence-electron chi connectivity index (χ2n) is 5.91. The normalized spacial score (nSPS) is 12.0. The van der Waals surface area contributed by atoms with Crippen molar-refractivity contribution in [3.8, 4) is 11.5 Å². The number of amides is 1. The lowest BCUT2D eigenvalue weighted by molar-refractivity contribution is -0.307. The molecule has 2 aliphatic rings. The SMILES string of the molecule is CC(=O)N[C@@H](CSc1c2nc3cc(C=O)ccc3oc-2cc(=O)c1N)C(=O)[O-]. The first-order valence-corrected chi connectivity index (χ1v) is 9.01. The van der Waals surface area contributed by atoms with Crippen molar-refractivity contribution in [3.63, 3.8) is 0 Å². The molecule has 0 aromatic heterocycles. The predicted molar refractivity (Wildman–Crippen MR) is 100 cm³/mol. The Morgan fingerprint density at radius 2 is 2.14 bits per heavy atom. The third kappa shape index (κ3) is 3.81. The standard InChI is InChI=1S/C18H15N3O6S/c1-8(23)20-11(18(25)26)7-28-17-15(19)12(24)5-14-16(17)21-10-4-9(6-22)2-3-13(10)27-14/h2-6,11H,7,19H2,1H3,(H,20,23)(H,25,26)/p-1/t11-/m0/s1. The molecule has 28 heavy (non-hydrogen) atoms. The van der Waals surface area contributed by atoms with Gasteiger partial charge < -0.3 is 25.4 Å². The predicted octanol–water partition coefficient (Wildman–Crippen LogP) is 0.0342. The lowest BCUT2D eigenvalue weighted by atomic mass is 10.1. The van der Waals surface area contributed by atoms with Gasteiger partial charge in [0.1, 0.15) is 17.5 Å². The number of thioether (sulfide) groups is 1. The van der Waals surface area contributed by atoms with Crippen LogP contribution >= 0.6 is 11.8 Å². The number of carboxylic acids is 1. The maximum absolute atomic E-state index is 12.2. The minimum Gasteiger partial charge on any atom is -0.548 e. The molecule has 0 radical (unpaired) electrons. The number of aromatic nitrogens is 1. The van der Waals surface area contributed by atoms with Crippen molar-refractivity contribution in [3.05, 3.63) is 40.1 Å². The fourth-order valence-electron chi connectivity index (χ4n) is 2.55. The number of nitrogens with one attached hydrogen (secondary N) is 1. The van der Waals surface area contributed by atoms with E-state index in [9.17, 15) is 24.3 Å². The number of hydrogen-bond acceptors (Lipinski definition) is 9. The van der Waals surface area contributed by atoms with Crippen LogP contribution in [0.2, 0.25) is 0 Å². The molecule has 10 heteroatoms. The first kappa shape index (κ1) is 19.4. The highest BCUT2D eigenvalue weighted by atomic mass is 32.2. The minimum absolute atomic E-state index is 0.119. The van der Waals surface area contributed by atoms with Gasteiger partial charge in [-0.05, 0) is 18.2 Å². The van der Waals surface area contributed by atoms with Crippen LogP contribution < -0.4 is 21.6 Å². The van der Waals surface area contributed by atoms with Crippen LogP contribution in [0.4, 0.5) is 5.69 Å². The number of carbonyl (C=O) groups is 3. The zero-order valence-electron chi connectivity index (χ0n) is 14.6. The highest BCUT2D eigenvalue weighted by Gasteiger charge is 2.22. The van der Waals surface area contributed by atoms with Gasteiger partial charge in [0.05, 0.1) is 22.6 Å². The molecular formula is C18H14N3O6S-. The van der Waals surface area contributed by atoms with Gasteiger partial charge in [0.15, 0.2) is 11.3 Å². The van der Waals surface area contributed by atoms with E-state index >= 15 is 0 Å². The molecule has 0 bridgehead atoms. The van der Waals surface area contributed by atoms with Crippen molar-refractivity contribution >= 4 is 46.7 Å². The number of benzene rings is 2. The van der Waals surface area contributed by atoms with Crippen molar-refractivity contribution in [2.75, 3.05) is 11.5 Å². The van der Waals surface area contributed by atoms with Crippen LogP contribution in [0.25, 0.3) is 22.6 Å². The number of fused-ring (bicyclic) bond motifs is 2. The molecular weight excluding hydrogens is 386 g/mol. The van der Waals surface area contributed by atoms with E-state index in [1.165, 1.54) is 19.1 Å². The molecule has 3 N–H and O–H groups in total. The molecule has 1 heterocycles. The highest BCUT2D eigenvalue weighted by Crippen LogP contribution is 2.36. The van der Waals surface area contributed by atoms with Crippen LogP contribution in [0, 0.1) is 0 Å². The maximum Gasteiger partial charge on any atom is 0.217 e. The average molecular weight is 400 g/mol. The number of aldehydes is 1. The quantitative estimate of drug-likeness (QED) is 0.252. The van der Waals surface area contributed by atoms with Crippen LogP contribution in [-0.2, 0) is 9.59 Å². The third-order valence-electron chi connectivity index (χ3n) is 3.85. The van der Waals surface area contributed by atoms with Crippen molar-refractivity contribution in [2.45, 2.75) is 17.9 Å². The van der Waals surface area contributed by atoms with Gasteiger partial charge in [-0.15, -0.1) is 11.8 Å². The summed E-state index contributed by atoms with van der Waals surface area (Å²) in [7, 11) is 0. The van der Waals surface area contributed by atoms with E-state index in [2.05, 4.69) is 10.3 Å². The lowest BCUT2D eigenvalue weighted by Gasteiger charge is -2.19. The topological polar surface area (TPSA) is 155 Å². The number of hydrogen-bond donors (Lipinski definition) is 2. The molecule has 1 amide bonds. The van der Waals surface area contributed by atoms with Crippen LogP contribution in [0.1, 0.15) is 17.3 Å². The Labute approximate surface area is 162 Å². The number of carbonyl (C=O) groups excluding carboxylic acids is 3. The summed E-state index contributed by atoms with van der Waals surface area (Å²) in [4.78, 5) is 50.2. The average Bonchev–Trinajstić information content (AvgIpc) is 2.65.